The van der Waals surface area contributed by atoms with Crippen molar-refractivity contribution in [1.82, 2.24) is 4.90 Å². The van der Waals surface area contributed by atoms with Crippen molar-refractivity contribution in [3.63, 3.8) is 0 Å². The third-order valence-electron chi connectivity index (χ3n) is 2.95. The molecule has 0 N–H and O–H groups in total. The first-order chi connectivity index (χ1) is 8.07. The van der Waals surface area contributed by atoms with Crippen LogP contribution in [0.2, 0.25) is 5.02 Å². The molecule has 3 amide bonds. The van der Waals surface area contributed by atoms with E-state index in [9.17, 15) is 9.59 Å². The van der Waals surface area contributed by atoms with Crippen molar-refractivity contribution in [3.8, 4) is 0 Å². The molecule has 1 heterocycles. The van der Waals surface area contributed by atoms with Crippen LogP contribution in [0.1, 0.15) is 13.3 Å². The molecular weight excluding hydrogens is 240 g/mol. The van der Waals surface area contributed by atoms with E-state index in [1.165, 1.54) is 4.90 Å². The predicted octanol–water partition coefficient (Wildman–Crippen LogP) is 2.52. The number of carbonyl (C=O) groups excluding carboxylic acids is 2. The number of rotatable bonds is 2. The number of carbonyl (C=O) groups is 2. The number of hydrogen-bond donors (Lipinski definition) is 0. The maximum Gasteiger partial charge on any atom is 0.331 e. The maximum atomic E-state index is 12.1. The molecule has 0 saturated carbocycles. The summed E-state index contributed by atoms with van der Waals surface area (Å²) in [6.45, 7) is 1.88. The van der Waals surface area contributed by atoms with E-state index in [4.69, 9.17) is 11.6 Å². The first-order valence-electron chi connectivity index (χ1n) is 5.43. The van der Waals surface area contributed by atoms with Gasteiger partial charge in [-0.1, -0.05) is 30.7 Å². The molecule has 4 nitrogen and oxygen atoms in total. The minimum absolute atomic E-state index is 0.215. The van der Waals surface area contributed by atoms with Gasteiger partial charge in [0.2, 0.25) is 0 Å². The van der Waals surface area contributed by atoms with Crippen LogP contribution < -0.4 is 4.90 Å². The van der Waals surface area contributed by atoms with Crippen LogP contribution in [0.5, 0.6) is 0 Å². The summed E-state index contributed by atoms with van der Waals surface area (Å²) in [5.74, 6) is -0.215. The zero-order valence-corrected chi connectivity index (χ0v) is 10.4. The Bertz CT molecular complexity index is 475. The smallest absolute Gasteiger partial charge is 0.315 e. The van der Waals surface area contributed by atoms with E-state index >= 15 is 0 Å². The van der Waals surface area contributed by atoms with Crippen molar-refractivity contribution >= 4 is 29.2 Å². The van der Waals surface area contributed by atoms with E-state index in [0.717, 1.165) is 4.90 Å². The van der Waals surface area contributed by atoms with Crippen molar-refractivity contribution in [2.24, 2.45) is 0 Å². The summed E-state index contributed by atoms with van der Waals surface area (Å²) in [6, 6.07) is 6.13. The third-order valence-corrected chi connectivity index (χ3v) is 3.27. The third kappa shape index (κ3) is 1.78. The first-order valence-corrected chi connectivity index (χ1v) is 5.81. The number of hydrogen-bond acceptors (Lipinski definition) is 2. The van der Waals surface area contributed by atoms with E-state index in [1.54, 1.807) is 31.3 Å². The van der Waals surface area contributed by atoms with Gasteiger partial charge in [0, 0.05) is 7.05 Å². The molecule has 1 atom stereocenters. The number of urea groups is 1. The Hall–Kier alpha value is -1.55. The molecular formula is C12H13ClN2O2. The van der Waals surface area contributed by atoms with Gasteiger partial charge < -0.3 is 4.90 Å². The SMILES string of the molecule is CCC1C(=O)N(c2ccccc2Cl)C(=O)N1C. The van der Waals surface area contributed by atoms with Crippen molar-refractivity contribution < 1.29 is 9.59 Å². The molecule has 1 aromatic rings. The quantitative estimate of drug-likeness (QED) is 0.759. The van der Waals surface area contributed by atoms with Gasteiger partial charge in [0.25, 0.3) is 5.91 Å². The Balaban J connectivity index is 2.44. The lowest BCUT2D eigenvalue weighted by Crippen LogP contribution is -2.31. The van der Waals surface area contributed by atoms with Crippen LogP contribution >= 0.6 is 11.6 Å². The number of anilines is 1. The zero-order chi connectivity index (χ0) is 12.6. The summed E-state index contributed by atoms with van der Waals surface area (Å²) in [4.78, 5) is 26.7. The van der Waals surface area contributed by atoms with E-state index < -0.39 is 6.04 Å². The highest BCUT2D eigenvalue weighted by atomic mass is 35.5. The molecule has 1 aliphatic heterocycles. The Morgan fingerprint density at radius 2 is 1.94 bits per heavy atom. The number of nitrogens with zero attached hydrogens (tertiary/aromatic N) is 2. The van der Waals surface area contributed by atoms with E-state index in [-0.39, 0.29) is 11.9 Å². The van der Waals surface area contributed by atoms with Crippen LogP contribution in [-0.4, -0.2) is 29.9 Å². The average molecular weight is 253 g/mol. The highest BCUT2D eigenvalue weighted by molar-refractivity contribution is 6.35. The molecule has 1 aromatic carbocycles. The van der Waals surface area contributed by atoms with Gasteiger partial charge >= 0.3 is 6.03 Å². The van der Waals surface area contributed by atoms with Gasteiger partial charge in [-0.15, -0.1) is 0 Å². The fourth-order valence-electron chi connectivity index (χ4n) is 2.00. The molecule has 17 heavy (non-hydrogen) atoms. The Labute approximate surface area is 105 Å². The lowest BCUT2D eigenvalue weighted by atomic mass is 10.2. The van der Waals surface area contributed by atoms with E-state index in [2.05, 4.69) is 0 Å². The predicted molar refractivity (Wildman–Crippen MR) is 66.2 cm³/mol. The second-order valence-corrected chi connectivity index (χ2v) is 4.35. The molecule has 0 aromatic heterocycles. The van der Waals surface area contributed by atoms with Crippen LogP contribution in [0.3, 0.4) is 0 Å². The number of likely N-dealkylation sites (N-methyl/N-ethyl adjacent to an activating group) is 1. The van der Waals surface area contributed by atoms with Gasteiger partial charge in [-0.05, 0) is 18.6 Å². The monoisotopic (exact) mass is 252 g/mol. The molecule has 90 valence electrons. The molecule has 1 fully saturated rings. The summed E-state index contributed by atoms with van der Waals surface area (Å²) in [5, 5.41) is 0.402. The highest BCUT2D eigenvalue weighted by Crippen LogP contribution is 2.31. The van der Waals surface area contributed by atoms with Crippen LogP contribution in [-0.2, 0) is 4.79 Å². The number of para-hydroxylation sites is 1. The first kappa shape index (κ1) is 11.9. The lowest BCUT2D eigenvalue weighted by Gasteiger charge is -2.15. The van der Waals surface area contributed by atoms with Gasteiger partial charge in [0.15, 0.2) is 0 Å². The fourth-order valence-corrected chi connectivity index (χ4v) is 2.22. The second kappa shape index (κ2) is 4.37. The van der Waals surface area contributed by atoms with Crippen LogP contribution in [0, 0.1) is 0 Å². The number of imide groups is 1. The largest absolute Gasteiger partial charge is 0.331 e. The molecule has 1 aliphatic rings. The minimum Gasteiger partial charge on any atom is -0.315 e. The molecule has 0 aliphatic carbocycles. The Morgan fingerprint density at radius 3 is 2.47 bits per heavy atom. The molecule has 5 heteroatoms. The summed E-state index contributed by atoms with van der Waals surface area (Å²) in [7, 11) is 1.63. The van der Waals surface area contributed by atoms with Crippen LogP contribution in [0.25, 0.3) is 0 Å². The summed E-state index contributed by atoms with van der Waals surface area (Å²) >= 11 is 6.01. The summed E-state index contributed by atoms with van der Waals surface area (Å²) in [5.41, 5.74) is 0.451. The lowest BCUT2D eigenvalue weighted by molar-refractivity contribution is -0.119. The zero-order valence-electron chi connectivity index (χ0n) is 9.68. The van der Waals surface area contributed by atoms with Crippen molar-refractivity contribution in [1.29, 1.82) is 0 Å². The van der Waals surface area contributed by atoms with Gasteiger partial charge in [-0.3, -0.25) is 4.79 Å². The van der Waals surface area contributed by atoms with Gasteiger partial charge in [-0.25, -0.2) is 9.69 Å². The fraction of sp³-hybridized carbons (Fsp3) is 0.333. The van der Waals surface area contributed by atoms with E-state index in [1.807, 2.05) is 6.92 Å². The maximum absolute atomic E-state index is 12.1. The van der Waals surface area contributed by atoms with E-state index in [0.29, 0.717) is 17.1 Å². The molecule has 1 saturated heterocycles. The van der Waals surface area contributed by atoms with Crippen molar-refractivity contribution in [3.05, 3.63) is 29.3 Å². The Kier molecular flexibility index (Phi) is 3.07. The van der Waals surface area contributed by atoms with Gasteiger partial charge in [0.1, 0.15) is 6.04 Å². The van der Waals surface area contributed by atoms with Crippen molar-refractivity contribution in [2.45, 2.75) is 19.4 Å². The standard InChI is InChI=1S/C12H13ClN2O2/c1-3-9-11(16)15(12(17)14(9)2)10-7-5-4-6-8(10)13/h4-7,9H,3H2,1-2H3. The molecule has 2 rings (SSSR count). The Morgan fingerprint density at radius 1 is 1.29 bits per heavy atom. The van der Waals surface area contributed by atoms with Crippen LogP contribution in [0.15, 0.2) is 24.3 Å². The normalized spacial score (nSPS) is 20.3. The minimum atomic E-state index is -0.390. The van der Waals surface area contributed by atoms with Crippen LogP contribution in [0.4, 0.5) is 10.5 Å². The molecule has 0 bridgehead atoms. The number of benzene rings is 1. The second-order valence-electron chi connectivity index (χ2n) is 3.94. The van der Waals surface area contributed by atoms with Crippen molar-refractivity contribution in [2.75, 3.05) is 11.9 Å². The van der Waals surface area contributed by atoms with Gasteiger partial charge in [-0.2, -0.15) is 0 Å². The summed E-state index contributed by atoms with van der Waals surface area (Å²) in [6.07, 6.45) is 0.599. The highest BCUT2D eigenvalue weighted by Gasteiger charge is 2.43. The summed E-state index contributed by atoms with van der Waals surface area (Å²) < 4.78 is 0. The van der Waals surface area contributed by atoms with Gasteiger partial charge in [0.05, 0.1) is 10.7 Å². The number of halogens is 1. The topological polar surface area (TPSA) is 40.6 Å². The molecule has 0 spiro atoms. The molecule has 1 unspecified atom stereocenters. The number of amides is 3. The molecule has 0 radical (unpaired) electrons. The average Bonchev–Trinajstić information content (AvgIpc) is 2.52.